The Labute approximate surface area is 335 Å². The van der Waals surface area contributed by atoms with E-state index >= 15 is 0 Å². The molecular formula is C49H64O7. The maximum absolute atomic E-state index is 13.8. The van der Waals surface area contributed by atoms with E-state index in [0.29, 0.717) is 25.4 Å². The van der Waals surface area contributed by atoms with Crippen LogP contribution in [-0.2, 0) is 38.9 Å². The SMILES string of the molecule is CCCCCC(CC[C@H]1C(OC2CCCCO2)CC(=O)C1CCCCC=CC(=O)OC1CCCCO1)OC(c1ccccc1)(c1ccccc1)c1ccccc1. The maximum atomic E-state index is 13.8. The molecule has 56 heavy (non-hydrogen) atoms. The number of unbranched alkanes of at least 4 members (excludes halogenated alkanes) is 4. The number of carbonyl (C=O) groups is 2. The van der Waals surface area contributed by atoms with Gasteiger partial charge in [0.05, 0.1) is 18.8 Å². The summed E-state index contributed by atoms with van der Waals surface area (Å²) >= 11 is 0. The highest BCUT2D eigenvalue weighted by atomic mass is 16.7. The standard InChI is InChI=1S/C49H64O7/c1-2-3-9-28-41(56-49(38-22-10-6-11-23-38,39-24-12-7-13-25-39)40-26-14-8-15-27-40)33-34-43-42(44(50)37-45(43)54-47-31-18-20-35-52-47)29-16-4-5-17-30-46(51)55-48-32-19-21-36-53-48/h6-8,10-15,17,22-27,30,41-43,45,47-48H,2-5,9,16,18-21,28-29,31-37H2,1H3/t41?,42?,43-,45?,47?,48?/m1/s1. The molecule has 3 aromatic rings. The van der Waals surface area contributed by atoms with Crippen LogP contribution in [0, 0.1) is 11.8 Å². The Morgan fingerprint density at radius 2 is 1.36 bits per heavy atom. The van der Waals surface area contributed by atoms with Gasteiger partial charge in [-0.15, -0.1) is 0 Å². The Hall–Kier alpha value is -3.62. The van der Waals surface area contributed by atoms with E-state index in [9.17, 15) is 9.59 Å². The highest BCUT2D eigenvalue weighted by Crippen LogP contribution is 2.44. The molecule has 0 bridgehead atoms. The van der Waals surface area contributed by atoms with Crippen LogP contribution >= 0.6 is 0 Å². The van der Waals surface area contributed by atoms with Crippen molar-refractivity contribution in [2.75, 3.05) is 13.2 Å². The predicted octanol–water partition coefficient (Wildman–Crippen LogP) is 11.0. The number of rotatable bonds is 21. The van der Waals surface area contributed by atoms with Gasteiger partial charge in [-0.25, -0.2) is 4.79 Å². The third-order valence-corrected chi connectivity index (χ3v) is 11.9. The Morgan fingerprint density at radius 1 is 0.750 bits per heavy atom. The molecule has 5 unspecified atom stereocenters. The lowest BCUT2D eigenvalue weighted by Gasteiger charge is -2.40. The van der Waals surface area contributed by atoms with Crippen molar-refractivity contribution >= 4 is 11.8 Å². The predicted molar refractivity (Wildman–Crippen MR) is 220 cm³/mol. The molecule has 7 heteroatoms. The van der Waals surface area contributed by atoms with Crippen molar-refractivity contribution in [2.45, 2.75) is 146 Å². The van der Waals surface area contributed by atoms with Gasteiger partial charge in [-0.3, -0.25) is 4.79 Å². The van der Waals surface area contributed by atoms with E-state index in [1.807, 2.05) is 6.08 Å². The van der Waals surface area contributed by atoms with Crippen molar-refractivity contribution < 1.29 is 33.3 Å². The normalized spacial score (nSPS) is 23.7. The van der Waals surface area contributed by atoms with E-state index in [4.69, 9.17) is 23.7 Å². The number of hydrogen-bond donors (Lipinski definition) is 0. The Balaban J connectivity index is 1.19. The topological polar surface area (TPSA) is 80.3 Å². The number of benzene rings is 3. The largest absolute Gasteiger partial charge is 0.433 e. The average Bonchev–Trinajstić information content (AvgIpc) is 3.54. The third kappa shape index (κ3) is 11.7. The molecule has 1 saturated carbocycles. The fourth-order valence-electron chi connectivity index (χ4n) is 8.94. The first-order chi connectivity index (χ1) is 27.6. The van der Waals surface area contributed by atoms with Gasteiger partial charge in [0.1, 0.15) is 11.4 Å². The zero-order valence-corrected chi connectivity index (χ0v) is 33.6. The monoisotopic (exact) mass is 764 g/mol. The number of esters is 1. The van der Waals surface area contributed by atoms with Gasteiger partial charge in [-0.2, -0.15) is 0 Å². The van der Waals surface area contributed by atoms with Crippen LogP contribution in [0.5, 0.6) is 0 Å². The Kier molecular flexibility index (Phi) is 16.8. The molecule has 0 N–H and O–H groups in total. The smallest absolute Gasteiger partial charge is 0.332 e. The van der Waals surface area contributed by atoms with Crippen LogP contribution in [0.2, 0.25) is 0 Å². The first kappa shape index (κ1) is 42.0. The number of ketones is 1. The summed E-state index contributed by atoms with van der Waals surface area (Å²) in [5.41, 5.74) is 2.51. The van der Waals surface area contributed by atoms with Crippen LogP contribution in [0.25, 0.3) is 0 Å². The van der Waals surface area contributed by atoms with Crippen molar-refractivity contribution in [3.05, 3.63) is 120 Å². The zero-order chi connectivity index (χ0) is 38.8. The minimum atomic E-state index is -0.805. The van der Waals surface area contributed by atoms with Crippen molar-refractivity contribution in [1.29, 1.82) is 0 Å². The van der Waals surface area contributed by atoms with E-state index in [2.05, 4.69) is 97.9 Å². The first-order valence-corrected chi connectivity index (χ1v) is 21.7. The highest BCUT2D eigenvalue weighted by Gasteiger charge is 2.45. The molecule has 0 radical (unpaired) electrons. The molecule has 302 valence electrons. The number of hydrogen-bond acceptors (Lipinski definition) is 7. The summed E-state index contributed by atoms with van der Waals surface area (Å²) < 4.78 is 31.3. The second kappa shape index (κ2) is 22.4. The van der Waals surface area contributed by atoms with Gasteiger partial charge in [-0.05, 0) is 93.2 Å². The van der Waals surface area contributed by atoms with Crippen LogP contribution in [0.15, 0.2) is 103 Å². The summed E-state index contributed by atoms with van der Waals surface area (Å²) in [5.74, 6) is -0.0252. The number of ether oxygens (including phenoxy) is 5. The van der Waals surface area contributed by atoms with Crippen molar-refractivity contribution in [2.24, 2.45) is 11.8 Å². The van der Waals surface area contributed by atoms with E-state index in [1.165, 1.54) is 6.08 Å². The van der Waals surface area contributed by atoms with E-state index in [1.54, 1.807) is 0 Å². The fraction of sp³-hybridized carbons (Fsp3) is 0.551. The minimum Gasteiger partial charge on any atom is -0.433 e. The summed E-state index contributed by atoms with van der Waals surface area (Å²) in [7, 11) is 0. The third-order valence-electron chi connectivity index (χ3n) is 11.9. The lowest BCUT2D eigenvalue weighted by atomic mass is 9.79. The molecule has 2 saturated heterocycles. The highest BCUT2D eigenvalue weighted by molar-refractivity contribution is 5.84. The van der Waals surface area contributed by atoms with Gasteiger partial charge in [-0.1, -0.05) is 130 Å². The molecule has 7 nitrogen and oxygen atoms in total. The van der Waals surface area contributed by atoms with E-state index < -0.39 is 11.9 Å². The summed E-state index contributed by atoms with van der Waals surface area (Å²) in [6.45, 7) is 3.60. The second-order valence-corrected chi connectivity index (χ2v) is 15.9. The molecule has 0 amide bonds. The van der Waals surface area contributed by atoms with Gasteiger partial charge in [0, 0.05) is 31.4 Å². The lowest BCUT2D eigenvalue weighted by Crippen LogP contribution is -2.38. The molecule has 3 aliphatic rings. The van der Waals surface area contributed by atoms with Crippen molar-refractivity contribution in [1.82, 2.24) is 0 Å². The van der Waals surface area contributed by atoms with Crippen LogP contribution in [0.3, 0.4) is 0 Å². The maximum Gasteiger partial charge on any atom is 0.332 e. The summed E-state index contributed by atoms with van der Waals surface area (Å²) in [4.78, 5) is 26.1. The Morgan fingerprint density at radius 3 is 1.93 bits per heavy atom. The molecule has 6 atom stereocenters. The number of carbonyl (C=O) groups excluding carboxylic acids is 2. The first-order valence-electron chi connectivity index (χ1n) is 21.7. The van der Waals surface area contributed by atoms with Crippen LogP contribution < -0.4 is 0 Å². The summed E-state index contributed by atoms with van der Waals surface area (Å²) in [6, 6.07) is 31.9. The second-order valence-electron chi connectivity index (χ2n) is 15.9. The van der Waals surface area contributed by atoms with Gasteiger partial charge >= 0.3 is 5.97 Å². The van der Waals surface area contributed by atoms with Crippen molar-refractivity contribution in [3.8, 4) is 0 Å². The molecule has 0 spiro atoms. The van der Waals surface area contributed by atoms with Gasteiger partial charge < -0.3 is 23.7 Å². The molecule has 2 aliphatic heterocycles. The molecule has 3 fully saturated rings. The lowest BCUT2D eigenvalue weighted by molar-refractivity contribution is -0.196. The summed E-state index contributed by atoms with van der Waals surface area (Å²) in [5, 5.41) is 0. The fourth-order valence-corrected chi connectivity index (χ4v) is 8.94. The summed E-state index contributed by atoms with van der Waals surface area (Å²) in [6.07, 6.45) is 18.1. The molecular weight excluding hydrogens is 701 g/mol. The molecule has 6 rings (SSSR count). The molecule has 2 heterocycles. The molecule has 1 aliphatic carbocycles. The molecule has 3 aromatic carbocycles. The zero-order valence-electron chi connectivity index (χ0n) is 33.6. The van der Waals surface area contributed by atoms with E-state index in [0.717, 1.165) is 119 Å². The van der Waals surface area contributed by atoms with Crippen molar-refractivity contribution in [3.63, 3.8) is 0 Å². The van der Waals surface area contributed by atoms with Crippen LogP contribution in [0.4, 0.5) is 0 Å². The quantitative estimate of drug-likeness (QED) is 0.0462. The van der Waals surface area contributed by atoms with Crippen LogP contribution in [-0.4, -0.2) is 49.8 Å². The van der Waals surface area contributed by atoms with Gasteiger partial charge in [0.15, 0.2) is 6.29 Å². The number of allylic oxidation sites excluding steroid dienone is 1. The molecule has 0 aromatic heterocycles. The van der Waals surface area contributed by atoms with Gasteiger partial charge in [0.25, 0.3) is 0 Å². The van der Waals surface area contributed by atoms with E-state index in [-0.39, 0.29) is 36.3 Å². The van der Waals surface area contributed by atoms with Crippen LogP contribution in [0.1, 0.15) is 133 Å². The minimum absolute atomic E-state index is 0.0472. The Bertz CT molecular complexity index is 1500. The number of Topliss-reactive ketones (excluding diaryl/α,β-unsaturated/α-hetero) is 1. The van der Waals surface area contributed by atoms with Gasteiger partial charge in [0.2, 0.25) is 6.29 Å². The average molecular weight is 765 g/mol.